The van der Waals surface area contributed by atoms with Crippen molar-refractivity contribution in [2.45, 2.75) is 0 Å². The van der Waals surface area contributed by atoms with Crippen molar-refractivity contribution < 1.29 is 23.2 Å². The van der Waals surface area contributed by atoms with E-state index in [0.717, 1.165) is 0 Å². The molecule has 0 radical (unpaired) electrons. The molecule has 0 aromatic rings. The molecule has 14 heavy (non-hydrogen) atoms. The fourth-order valence-electron chi connectivity index (χ4n) is 0.398. The highest BCUT2D eigenvalue weighted by atomic mass is 35.5. The number of halogens is 2. The summed E-state index contributed by atoms with van der Waals surface area (Å²) in [6.07, 6.45) is 0. The van der Waals surface area contributed by atoms with Crippen LogP contribution in [0, 0.1) is 0 Å². The minimum atomic E-state index is -2.81. The minimum absolute atomic E-state index is 0.213. The molecular formula is C6H9Cl2O5P. The van der Waals surface area contributed by atoms with Crippen molar-refractivity contribution in [3.8, 4) is 0 Å². The van der Waals surface area contributed by atoms with Gasteiger partial charge in [-0.05, 0) is 0 Å². The molecule has 0 fully saturated rings. The fraction of sp³-hybridized carbons (Fsp3) is 0.667. The first-order chi connectivity index (χ1) is 6.60. The zero-order valence-electron chi connectivity index (χ0n) is 7.13. The van der Waals surface area contributed by atoms with Gasteiger partial charge < -0.3 is 9.05 Å². The van der Waals surface area contributed by atoms with E-state index >= 15 is 0 Å². The van der Waals surface area contributed by atoms with E-state index in [0.29, 0.717) is 0 Å². The van der Waals surface area contributed by atoms with Crippen LogP contribution in [0.5, 0.6) is 0 Å². The van der Waals surface area contributed by atoms with Crippen molar-refractivity contribution in [1.29, 1.82) is 0 Å². The molecule has 0 amide bonds. The van der Waals surface area contributed by atoms with E-state index in [4.69, 9.17) is 23.2 Å². The van der Waals surface area contributed by atoms with Gasteiger partial charge in [0.05, 0.1) is 11.8 Å². The highest BCUT2D eigenvalue weighted by Gasteiger charge is 2.07. The molecule has 0 aliphatic heterocycles. The van der Waals surface area contributed by atoms with E-state index in [1.165, 1.54) is 0 Å². The predicted octanol–water partition coefficient (Wildman–Crippen LogP) is 1.03. The zero-order valence-corrected chi connectivity index (χ0v) is 9.64. The Balaban J connectivity index is 3.56. The Bertz CT molecular complexity index is 210. The van der Waals surface area contributed by atoms with Crippen LogP contribution < -0.4 is 0 Å². The molecule has 82 valence electrons. The van der Waals surface area contributed by atoms with E-state index < -0.39 is 19.8 Å². The van der Waals surface area contributed by atoms with Gasteiger partial charge in [-0.1, -0.05) is 0 Å². The second-order valence-corrected chi connectivity index (χ2v) is 3.78. The van der Waals surface area contributed by atoms with Crippen LogP contribution >= 0.6 is 31.5 Å². The van der Waals surface area contributed by atoms with Gasteiger partial charge >= 0.3 is 8.25 Å². The van der Waals surface area contributed by atoms with Gasteiger partial charge in [0.25, 0.3) is 0 Å². The maximum absolute atomic E-state index is 10.8. The third kappa shape index (κ3) is 7.47. The summed E-state index contributed by atoms with van der Waals surface area (Å²) in [5.41, 5.74) is 0. The second kappa shape index (κ2) is 8.38. The largest absolute Gasteiger partial charge is 0.319 e. The van der Waals surface area contributed by atoms with E-state index in [1.54, 1.807) is 0 Å². The quantitative estimate of drug-likeness (QED) is 0.483. The molecular weight excluding hydrogens is 254 g/mol. The average Bonchev–Trinajstić information content (AvgIpc) is 2.22. The first-order valence-corrected chi connectivity index (χ1v) is 5.84. The van der Waals surface area contributed by atoms with E-state index in [2.05, 4.69) is 9.05 Å². The van der Waals surface area contributed by atoms with Crippen molar-refractivity contribution in [3.05, 3.63) is 0 Å². The molecule has 0 bridgehead atoms. The zero-order chi connectivity index (χ0) is 11.0. The number of rotatable bonds is 8. The first kappa shape index (κ1) is 14.1. The van der Waals surface area contributed by atoms with Crippen LogP contribution in [0.15, 0.2) is 0 Å². The Labute approximate surface area is 91.6 Å². The second-order valence-electron chi connectivity index (χ2n) is 2.17. The average molecular weight is 263 g/mol. The van der Waals surface area contributed by atoms with Crippen molar-refractivity contribution >= 4 is 43.0 Å². The molecule has 0 aliphatic carbocycles. The molecule has 0 aromatic heterocycles. The van der Waals surface area contributed by atoms with E-state index in [1.807, 2.05) is 0 Å². The Morgan fingerprint density at radius 1 is 1.00 bits per heavy atom. The lowest BCUT2D eigenvalue weighted by atomic mass is 10.5. The Morgan fingerprint density at radius 2 is 1.36 bits per heavy atom. The number of ketones is 2. The van der Waals surface area contributed by atoms with Gasteiger partial charge in [0.15, 0.2) is 11.6 Å². The van der Waals surface area contributed by atoms with Gasteiger partial charge in [0.1, 0.15) is 13.2 Å². The molecule has 8 heteroatoms. The molecule has 5 nitrogen and oxygen atoms in total. The van der Waals surface area contributed by atoms with Crippen LogP contribution in [0.25, 0.3) is 0 Å². The molecule has 0 saturated heterocycles. The fourth-order valence-corrected chi connectivity index (χ4v) is 1.19. The molecule has 0 atom stereocenters. The number of hydrogen-bond donors (Lipinski definition) is 0. The van der Waals surface area contributed by atoms with Crippen molar-refractivity contribution in [3.63, 3.8) is 0 Å². The standard InChI is InChI=1S/C6H9Cl2O5P/c7-1-5(9)3-12-14(11)13-4-6(10)2-8/h14H,1-4H2. The molecule has 0 N–H and O–H groups in total. The lowest BCUT2D eigenvalue weighted by molar-refractivity contribution is -0.119. The molecule has 0 unspecified atom stereocenters. The summed E-state index contributed by atoms with van der Waals surface area (Å²) in [4.78, 5) is 21.2. The monoisotopic (exact) mass is 262 g/mol. The lowest BCUT2D eigenvalue weighted by Crippen LogP contribution is -2.09. The van der Waals surface area contributed by atoms with Gasteiger partial charge in [-0.25, -0.2) is 0 Å². The van der Waals surface area contributed by atoms with Crippen LogP contribution in [0.2, 0.25) is 0 Å². The summed E-state index contributed by atoms with van der Waals surface area (Å²) in [5.74, 6) is -1.24. The Morgan fingerprint density at radius 3 is 1.64 bits per heavy atom. The van der Waals surface area contributed by atoms with Crippen LogP contribution in [-0.2, 0) is 23.2 Å². The summed E-state index contributed by atoms with van der Waals surface area (Å²) in [6, 6.07) is 0. The maximum atomic E-state index is 10.8. The number of Topliss-reactive ketones (excluding diaryl/α,β-unsaturated/α-hetero) is 2. The van der Waals surface area contributed by atoms with Gasteiger partial charge in [0, 0.05) is 0 Å². The first-order valence-electron chi connectivity index (χ1n) is 3.55. The van der Waals surface area contributed by atoms with Crippen LogP contribution in [0.4, 0.5) is 0 Å². The van der Waals surface area contributed by atoms with Crippen LogP contribution in [-0.4, -0.2) is 36.5 Å². The van der Waals surface area contributed by atoms with Gasteiger partial charge in [-0.15, -0.1) is 23.2 Å². The van der Waals surface area contributed by atoms with E-state index in [-0.39, 0.29) is 25.0 Å². The van der Waals surface area contributed by atoms with Crippen LogP contribution in [0.3, 0.4) is 0 Å². The Kier molecular flexibility index (Phi) is 8.43. The van der Waals surface area contributed by atoms with Gasteiger partial charge in [-0.3, -0.25) is 14.2 Å². The lowest BCUT2D eigenvalue weighted by Gasteiger charge is -2.02. The molecule has 0 aliphatic rings. The molecule has 0 rings (SSSR count). The highest BCUT2D eigenvalue weighted by Crippen LogP contribution is 2.22. The molecule has 0 saturated carbocycles. The predicted molar refractivity (Wildman–Crippen MR) is 52.4 cm³/mol. The van der Waals surface area contributed by atoms with Crippen molar-refractivity contribution in [2.75, 3.05) is 25.0 Å². The van der Waals surface area contributed by atoms with Gasteiger partial charge in [-0.2, -0.15) is 0 Å². The third-order valence-corrected chi connectivity index (χ3v) is 2.36. The van der Waals surface area contributed by atoms with Crippen molar-refractivity contribution in [1.82, 2.24) is 0 Å². The van der Waals surface area contributed by atoms with Crippen molar-refractivity contribution in [2.24, 2.45) is 0 Å². The number of carbonyl (C=O) groups is 2. The maximum Gasteiger partial charge on any atom is 0.319 e. The molecule has 0 aromatic carbocycles. The number of hydrogen-bond acceptors (Lipinski definition) is 5. The topological polar surface area (TPSA) is 69.7 Å². The third-order valence-electron chi connectivity index (χ3n) is 1.00. The molecule has 0 spiro atoms. The summed E-state index contributed by atoms with van der Waals surface area (Å²) >= 11 is 10.3. The normalized spacial score (nSPS) is 10.5. The van der Waals surface area contributed by atoms with Gasteiger partial charge in [0.2, 0.25) is 0 Å². The summed E-state index contributed by atoms with van der Waals surface area (Å²) in [5, 5.41) is 0. The number of carbonyl (C=O) groups excluding carboxylic acids is 2. The summed E-state index contributed by atoms with van der Waals surface area (Å²) < 4.78 is 19.8. The Hall–Kier alpha value is 0.0700. The smallest absolute Gasteiger partial charge is 0.303 e. The number of alkyl halides is 2. The van der Waals surface area contributed by atoms with E-state index in [9.17, 15) is 14.2 Å². The van der Waals surface area contributed by atoms with Crippen LogP contribution in [0.1, 0.15) is 0 Å². The SMILES string of the molecule is O=C(CCl)CO[PH](=O)OCC(=O)CCl. The molecule has 0 heterocycles. The summed E-state index contributed by atoms with van der Waals surface area (Å²) in [6.45, 7) is -0.757. The summed E-state index contributed by atoms with van der Waals surface area (Å²) in [7, 11) is -2.81. The minimum Gasteiger partial charge on any atom is -0.303 e. The highest BCUT2D eigenvalue weighted by molar-refractivity contribution is 7.33.